The highest BCUT2D eigenvalue weighted by atomic mass is 32.1. The van der Waals surface area contributed by atoms with Gasteiger partial charge in [0.1, 0.15) is 11.5 Å². The van der Waals surface area contributed by atoms with Crippen molar-refractivity contribution in [2.75, 3.05) is 26.2 Å². The Kier molecular flexibility index (Phi) is 7.26. The van der Waals surface area contributed by atoms with Crippen LogP contribution in [0, 0.1) is 13.8 Å². The predicted molar refractivity (Wildman–Crippen MR) is 154 cm³/mol. The molecular weight excluding hydrogens is 512 g/mol. The number of pyridine rings is 1. The molecule has 9 heteroatoms. The Balaban J connectivity index is 1.66. The van der Waals surface area contributed by atoms with Gasteiger partial charge in [-0.05, 0) is 86.2 Å². The summed E-state index contributed by atoms with van der Waals surface area (Å²) in [6, 6.07) is 20.8. The molecule has 8 nitrogen and oxygen atoms in total. The molecule has 0 saturated carbocycles. The predicted octanol–water partition coefficient (Wildman–Crippen LogP) is 5.47. The second-order valence-electron chi connectivity index (χ2n) is 9.23. The maximum Gasteiger partial charge on any atom is 0.337 e. The summed E-state index contributed by atoms with van der Waals surface area (Å²) in [5.41, 5.74) is 6.34. The zero-order chi connectivity index (χ0) is 27.7. The molecule has 1 saturated heterocycles. The Labute approximate surface area is 233 Å². The van der Waals surface area contributed by atoms with Crippen LogP contribution in [0.25, 0.3) is 5.69 Å². The fraction of sp³-hybridized carbons (Fsp3) is 0.233. The van der Waals surface area contributed by atoms with Gasteiger partial charge in [0.15, 0.2) is 5.11 Å². The van der Waals surface area contributed by atoms with Crippen LogP contribution in [-0.2, 0) is 4.74 Å². The van der Waals surface area contributed by atoms with E-state index >= 15 is 0 Å². The standard InChI is InChI=1S/C30H30N4O4S/c1-18-16-23(19(2)33(18)21-11-9-20(10-12-21)29(35)38-5)28-27(24-8-6-7-15-31-24)32-30(39)34(28)25-14-13-22(36-3)17-26(25)37-4/h6-17,27-28H,1-5H3,(H,32,39)/t27-,28+/m1/s1. The summed E-state index contributed by atoms with van der Waals surface area (Å²) < 4.78 is 18.2. The van der Waals surface area contributed by atoms with Gasteiger partial charge in [0.25, 0.3) is 0 Å². The van der Waals surface area contributed by atoms with Crippen molar-refractivity contribution >= 4 is 29.0 Å². The van der Waals surface area contributed by atoms with E-state index in [-0.39, 0.29) is 18.1 Å². The van der Waals surface area contributed by atoms with Gasteiger partial charge >= 0.3 is 5.97 Å². The number of nitrogens with one attached hydrogen (secondary N) is 1. The fourth-order valence-corrected chi connectivity index (χ4v) is 5.60. The van der Waals surface area contributed by atoms with Crippen molar-refractivity contribution in [2.24, 2.45) is 0 Å². The number of aromatic nitrogens is 2. The Bertz CT molecular complexity index is 1520. The Morgan fingerprint density at radius 2 is 1.74 bits per heavy atom. The second kappa shape index (κ2) is 10.8. The number of ether oxygens (including phenoxy) is 3. The van der Waals surface area contributed by atoms with Crippen LogP contribution in [0.1, 0.15) is 45.1 Å². The van der Waals surface area contributed by atoms with Crippen molar-refractivity contribution in [2.45, 2.75) is 25.9 Å². The van der Waals surface area contributed by atoms with Crippen molar-refractivity contribution in [3.63, 3.8) is 0 Å². The SMILES string of the molecule is COC(=O)c1ccc(-n2c(C)cc([C@H]3[C@@H](c4ccccn4)NC(=S)N3c3ccc(OC)cc3OC)c2C)cc1. The largest absolute Gasteiger partial charge is 0.497 e. The molecule has 0 aliphatic carbocycles. The molecule has 0 bridgehead atoms. The van der Waals surface area contributed by atoms with Crippen LogP contribution >= 0.6 is 12.2 Å². The molecule has 1 fully saturated rings. The van der Waals surface area contributed by atoms with Crippen LogP contribution < -0.4 is 19.7 Å². The van der Waals surface area contributed by atoms with Crippen LogP contribution in [0.5, 0.6) is 11.5 Å². The van der Waals surface area contributed by atoms with E-state index in [4.69, 9.17) is 26.4 Å². The minimum Gasteiger partial charge on any atom is -0.497 e. The summed E-state index contributed by atoms with van der Waals surface area (Å²) in [6.45, 7) is 4.16. The topological polar surface area (TPSA) is 77.9 Å². The van der Waals surface area contributed by atoms with Crippen molar-refractivity contribution < 1.29 is 19.0 Å². The first kappa shape index (κ1) is 26.2. The van der Waals surface area contributed by atoms with Gasteiger partial charge in [0, 0.05) is 29.3 Å². The summed E-state index contributed by atoms with van der Waals surface area (Å²) in [5.74, 6) is 0.980. The molecule has 2 atom stereocenters. The molecule has 5 rings (SSSR count). The molecule has 1 N–H and O–H groups in total. The minimum atomic E-state index is -0.365. The third-order valence-electron chi connectivity index (χ3n) is 7.08. The highest BCUT2D eigenvalue weighted by molar-refractivity contribution is 7.80. The molecule has 0 amide bonds. The molecule has 0 radical (unpaired) electrons. The average Bonchev–Trinajstić information content (AvgIpc) is 3.47. The van der Waals surface area contributed by atoms with E-state index in [2.05, 4.69) is 39.7 Å². The lowest BCUT2D eigenvalue weighted by Crippen LogP contribution is -2.30. The summed E-state index contributed by atoms with van der Waals surface area (Å²) >= 11 is 5.92. The normalized spacial score (nSPS) is 16.6. The molecule has 1 aliphatic rings. The molecule has 39 heavy (non-hydrogen) atoms. The number of rotatable bonds is 7. The van der Waals surface area contributed by atoms with Gasteiger partial charge in [-0.2, -0.15) is 0 Å². The third-order valence-corrected chi connectivity index (χ3v) is 7.39. The smallest absolute Gasteiger partial charge is 0.337 e. The van der Waals surface area contributed by atoms with Crippen molar-refractivity contribution in [1.29, 1.82) is 0 Å². The molecule has 1 aliphatic heterocycles. The summed E-state index contributed by atoms with van der Waals surface area (Å²) in [5, 5.41) is 4.09. The minimum absolute atomic E-state index is 0.207. The number of thiocarbonyl (C=S) groups is 1. The quantitative estimate of drug-likeness (QED) is 0.243. The van der Waals surface area contributed by atoms with Gasteiger partial charge in [-0.3, -0.25) is 4.98 Å². The number of carbonyl (C=O) groups excluding carboxylic acids is 1. The molecular formula is C30H30N4O4S. The Morgan fingerprint density at radius 1 is 0.974 bits per heavy atom. The zero-order valence-corrected chi connectivity index (χ0v) is 23.3. The molecule has 2 aromatic carbocycles. The Morgan fingerprint density at radius 3 is 2.38 bits per heavy atom. The number of hydrogen-bond acceptors (Lipinski definition) is 6. The van der Waals surface area contributed by atoms with E-state index in [0.29, 0.717) is 22.2 Å². The van der Waals surface area contributed by atoms with Gasteiger partial charge in [-0.1, -0.05) is 6.07 Å². The molecule has 4 aromatic rings. The van der Waals surface area contributed by atoms with E-state index in [1.54, 1.807) is 32.5 Å². The van der Waals surface area contributed by atoms with Crippen molar-refractivity contribution in [1.82, 2.24) is 14.9 Å². The summed E-state index contributed by atoms with van der Waals surface area (Å²) in [4.78, 5) is 18.7. The highest BCUT2D eigenvalue weighted by Crippen LogP contribution is 2.46. The monoisotopic (exact) mass is 542 g/mol. The first-order valence-electron chi connectivity index (χ1n) is 12.5. The molecule has 2 aromatic heterocycles. The first-order chi connectivity index (χ1) is 18.9. The number of esters is 1. The number of aryl methyl sites for hydroxylation is 1. The van der Waals surface area contributed by atoms with E-state index < -0.39 is 0 Å². The number of nitrogens with zero attached hydrogens (tertiary/aromatic N) is 3. The molecule has 3 heterocycles. The van der Waals surface area contributed by atoms with Gasteiger partial charge in [0.2, 0.25) is 0 Å². The van der Waals surface area contributed by atoms with Crippen molar-refractivity contribution in [3.8, 4) is 17.2 Å². The number of anilines is 1. The van der Waals surface area contributed by atoms with Crippen LogP contribution in [-0.4, -0.2) is 42.0 Å². The van der Waals surface area contributed by atoms with E-state index in [1.165, 1.54) is 7.11 Å². The van der Waals surface area contributed by atoms with Crippen LogP contribution in [0.15, 0.2) is 72.9 Å². The number of carbonyl (C=O) groups is 1. The van der Waals surface area contributed by atoms with Crippen LogP contribution in [0.4, 0.5) is 5.69 Å². The second-order valence-corrected chi connectivity index (χ2v) is 9.62. The lowest BCUT2D eigenvalue weighted by molar-refractivity contribution is 0.0600. The number of methoxy groups -OCH3 is 3. The van der Waals surface area contributed by atoms with Crippen LogP contribution in [0.3, 0.4) is 0 Å². The van der Waals surface area contributed by atoms with E-state index in [9.17, 15) is 4.79 Å². The maximum absolute atomic E-state index is 12.0. The van der Waals surface area contributed by atoms with E-state index in [1.807, 2.05) is 48.5 Å². The summed E-state index contributed by atoms with van der Waals surface area (Å²) in [7, 11) is 4.65. The lowest BCUT2D eigenvalue weighted by Gasteiger charge is -2.29. The Hall–Kier alpha value is -4.37. The van der Waals surface area contributed by atoms with Gasteiger partial charge in [0.05, 0.1) is 50.4 Å². The third kappa shape index (κ3) is 4.70. The first-order valence-corrected chi connectivity index (χ1v) is 12.9. The van der Waals surface area contributed by atoms with Gasteiger partial charge in [-0.15, -0.1) is 0 Å². The molecule has 200 valence electrons. The number of benzene rings is 2. The van der Waals surface area contributed by atoms with Crippen molar-refractivity contribution in [3.05, 3.63) is 101 Å². The van der Waals surface area contributed by atoms with E-state index in [0.717, 1.165) is 34.0 Å². The molecule has 0 spiro atoms. The van der Waals surface area contributed by atoms with Gasteiger partial charge in [-0.25, -0.2) is 4.79 Å². The summed E-state index contributed by atoms with van der Waals surface area (Å²) in [6.07, 6.45) is 1.79. The van der Waals surface area contributed by atoms with Gasteiger partial charge < -0.3 is 29.0 Å². The molecule has 0 unspecified atom stereocenters. The lowest BCUT2D eigenvalue weighted by atomic mass is 9.96. The highest BCUT2D eigenvalue weighted by Gasteiger charge is 2.43. The number of hydrogen-bond donors (Lipinski definition) is 1. The maximum atomic E-state index is 12.0. The zero-order valence-electron chi connectivity index (χ0n) is 22.5. The fourth-order valence-electron chi connectivity index (χ4n) is 5.26. The van der Waals surface area contributed by atoms with Crippen LogP contribution in [0.2, 0.25) is 0 Å². The average molecular weight is 543 g/mol.